The highest BCUT2D eigenvalue weighted by Crippen LogP contribution is 2.45. The van der Waals surface area contributed by atoms with E-state index in [2.05, 4.69) is 161 Å². The third-order valence-corrected chi connectivity index (χ3v) is 18.6. The largest absolute Gasteiger partial charge is 0.472 e. The molecule has 2 unspecified atom stereocenters. The van der Waals surface area contributed by atoms with E-state index in [1.54, 1.807) is 0 Å². The van der Waals surface area contributed by atoms with E-state index in [0.29, 0.717) is 38.5 Å². The van der Waals surface area contributed by atoms with Gasteiger partial charge in [0.25, 0.3) is 0 Å². The van der Waals surface area contributed by atoms with Crippen molar-refractivity contribution in [3.8, 4) is 0 Å². The highest BCUT2D eigenvalue weighted by molar-refractivity contribution is 7.47. The summed E-state index contributed by atoms with van der Waals surface area (Å²) in [5.74, 6) is -2.39. The number of esters is 4. The van der Waals surface area contributed by atoms with Crippen molar-refractivity contribution in [3.05, 3.63) is 170 Å². The molecular formula is C89H146O17P2. The van der Waals surface area contributed by atoms with Crippen molar-refractivity contribution < 1.29 is 80.2 Å². The van der Waals surface area contributed by atoms with Crippen molar-refractivity contribution in [1.29, 1.82) is 0 Å². The Hall–Kier alpha value is -5.58. The number of aliphatic hydroxyl groups is 1. The minimum absolute atomic E-state index is 0.0290. The molecule has 0 aliphatic heterocycles. The van der Waals surface area contributed by atoms with Crippen molar-refractivity contribution in [1.82, 2.24) is 0 Å². The number of phosphoric ester groups is 2. The number of ether oxygens (including phenoxy) is 4. The Morgan fingerprint density at radius 3 is 0.815 bits per heavy atom. The first kappa shape index (κ1) is 102. The number of carbonyl (C=O) groups excluding carboxylic acids is 4. The van der Waals surface area contributed by atoms with Crippen LogP contribution in [-0.2, 0) is 65.4 Å². The van der Waals surface area contributed by atoms with Gasteiger partial charge in [-0.3, -0.25) is 37.3 Å². The fourth-order valence-electron chi connectivity index (χ4n) is 10.4. The SMILES string of the molecule is CC/C=C\C/C=C\C/C=C\C/C=C\C/C=C\C/C=C\CCC(=O)OC[C@H](COP(=O)(O)OC[C@@H](O)COP(=O)(O)OC[C@@H](COC(=O)CCCCCCCCC/C=C\CCCCCC)OC(=O)CC/C=C\C/C=C\C/C=C\C/C=C\C/C=C\C/C=C\CC)OC(=O)CCCCCCCCC/C=C\CCCCCC. The molecule has 0 bridgehead atoms. The number of hydrogen-bond donors (Lipinski definition) is 3. The van der Waals surface area contributed by atoms with Crippen LogP contribution in [0, 0.1) is 0 Å². The second-order valence-electron chi connectivity index (χ2n) is 26.9. The summed E-state index contributed by atoms with van der Waals surface area (Å²) >= 11 is 0. The fourth-order valence-corrected chi connectivity index (χ4v) is 12.0. The molecule has 108 heavy (non-hydrogen) atoms. The van der Waals surface area contributed by atoms with Crippen molar-refractivity contribution >= 4 is 39.5 Å². The van der Waals surface area contributed by atoms with Gasteiger partial charge in [-0.05, 0) is 154 Å². The van der Waals surface area contributed by atoms with E-state index in [0.717, 1.165) is 167 Å². The Morgan fingerprint density at radius 1 is 0.269 bits per heavy atom. The third-order valence-electron chi connectivity index (χ3n) is 16.7. The Kier molecular flexibility index (Phi) is 75.4. The normalized spacial score (nSPS) is 14.7. The van der Waals surface area contributed by atoms with Gasteiger partial charge in [-0.2, -0.15) is 0 Å². The smallest absolute Gasteiger partial charge is 0.462 e. The van der Waals surface area contributed by atoms with Crippen LogP contribution >= 0.6 is 15.6 Å². The summed E-state index contributed by atoms with van der Waals surface area (Å²) in [7, 11) is -10.0. The lowest BCUT2D eigenvalue weighted by molar-refractivity contribution is -0.161. The first-order chi connectivity index (χ1) is 52.7. The predicted octanol–water partition coefficient (Wildman–Crippen LogP) is 24.6. The number of unbranched alkanes of at least 4 members (excludes halogenated alkanes) is 22. The molecule has 0 saturated carbocycles. The molecule has 0 amide bonds. The molecule has 0 aromatic carbocycles. The molecule has 0 rings (SSSR count). The lowest BCUT2D eigenvalue weighted by atomic mass is 10.1. The summed E-state index contributed by atoms with van der Waals surface area (Å²) in [5, 5.41) is 10.7. The second-order valence-corrected chi connectivity index (χ2v) is 29.8. The first-order valence-corrected chi connectivity index (χ1v) is 44.4. The first-order valence-electron chi connectivity index (χ1n) is 41.4. The fraction of sp³-hybridized carbons (Fsp3) is 0.640. The van der Waals surface area contributed by atoms with E-state index in [9.17, 15) is 43.2 Å². The van der Waals surface area contributed by atoms with Gasteiger partial charge in [0, 0.05) is 25.7 Å². The molecule has 5 atom stereocenters. The van der Waals surface area contributed by atoms with E-state index >= 15 is 0 Å². The summed E-state index contributed by atoms with van der Waals surface area (Å²) in [6.45, 7) is 4.45. The standard InChI is InChI=1S/C89H146O17P2/c1-5-9-13-17-21-25-29-33-37-39-41-43-47-50-54-58-62-66-70-74-87(92)100-80-84(105-88(93)75-71-67-63-59-55-51-46-36-32-28-24-20-16-12-8-4)81-103-107(95,96)101-77-83(90)78-102-108(97,98)104-82-85(79-99-86(91)73-69-65-61-57-53-49-45-35-31-27-23-19-15-11-7-3)106-89(94)76-72-68-64-60-56-52-48-44-42-40-38-34-30-26-22-18-14-10-6-2/h9-10,13-14,21-22,25-28,31-34,37-38,41-44,50,52,54,56,62,64,66,68,83-85,90H,5-8,11-12,15-20,23-24,29-30,35-36,39-40,45-49,51,53,55,57-61,63,65,67,69-82H2,1-4H3,(H,95,96)(H,97,98)/b13-9-,14-10-,25-21-,26-22-,31-27-,32-28-,37-33-,38-34-,43-41-,44-42-,54-50-,56-52-,66-62-,68-64-/t83-,84-,85-/m1/s1. The zero-order chi connectivity index (χ0) is 78.9. The molecule has 3 N–H and O–H groups in total. The lowest BCUT2D eigenvalue weighted by Gasteiger charge is -2.21. The minimum atomic E-state index is -5.01. The minimum Gasteiger partial charge on any atom is -0.462 e. The van der Waals surface area contributed by atoms with Crippen LogP contribution in [0.4, 0.5) is 0 Å². The van der Waals surface area contributed by atoms with Crippen LogP contribution in [0.5, 0.6) is 0 Å². The quantitative estimate of drug-likeness (QED) is 0.0169. The number of carbonyl (C=O) groups is 4. The van der Waals surface area contributed by atoms with Crippen molar-refractivity contribution in [3.63, 3.8) is 0 Å². The Morgan fingerprint density at radius 2 is 0.500 bits per heavy atom. The number of rotatable bonds is 76. The van der Waals surface area contributed by atoms with Crippen molar-refractivity contribution in [2.45, 2.75) is 329 Å². The summed E-state index contributed by atoms with van der Waals surface area (Å²) in [5.41, 5.74) is 0. The van der Waals surface area contributed by atoms with Crippen molar-refractivity contribution in [2.24, 2.45) is 0 Å². The molecule has 0 aromatic rings. The molecule has 0 aliphatic carbocycles. The summed E-state index contributed by atoms with van der Waals surface area (Å²) in [4.78, 5) is 73.1. The van der Waals surface area contributed by atoms with Gasteiger partial charge in [-0.15, -0.1) is 0 Å². The predicted molar refractivity (Wildman–Crippen MR) is 445 cm³/mol. The maximum Gasteiger partial charge on any atom is 0.472 e. The van der Waals surface area contributed by atoms with Gasteiger partial charge in [-0.25, -0.2) is 9.13 Å². The maximum atomic E-state index is 13.1. The van der Waals surface area contributed by atoms with Crippen LogP contribution < -0.4 is 0 Å². The van der Waals surface area contributed by atoms with Crippen LogP contribution in [-0.4, -0.2) is 96.7 Å². The average molecular weight is 1550 g/mol. The number of allylic oxidation sites excluding steroid dienone is 28. The third kappa shape index (κ3) is 78.5. The van der Waals surface area contributed by atoms with Gasteiger partial charge in [0.05, 0.1) is 26.4 Å². The van der Waals surface area contributed by atoms with E-state index in [4.69, 9.17) is 37.0 Å². The van der Waals surface area contributed by atoms with E-state index in [-0.39, 0.29) is 25.7 Å². The summed E-state index contributed by atoms with van der Waals surface area (Å²) in [6.07, 6.45) is 95.0. The molecule has 0 spiro atoms. The van der Waals surface area contributed by atoms with Crippen molar-refractivity contribution in [2.75, 3.05) is 39.6 Å². The maximum absolute atomic E-state index is 13.1. The van der Waals surface area contributed by atoms with Gasteiger partial charge in [0.15, 0.2) is 12.2 Å². The number of phosphoric acid groups is 2. The number of hydrogen-bond acceptors (Lipinski definition) is 15. The molecule has 0 heterocycles. The highest BCUT2D eigenvalue weighted by atomic mass is 31.2. The highest BCUT2D eigenvalue weighted by Gasteiger charge is 2.30. The van der Waals surface area contributed by atoms with Gasteiger partial charge in [-0.1, -0.05) is 301 Å². The Balaban J connectivity index is 5.52. The van der Waals surface area contributed by atoms with Crippen LogP contribution in [0.1, 0.15) is 310 Å². The molecule has 0 aromatic heterocycles. The van der Waals surface area contributed by atoms with Gasteiger partial charge in [0.2, 0.25) is 0 Å². The van der Waals surface area contributed by atoms with Crippen LogP contribution in [0.3, 0.4) is 0 Å². The zero-order valence-corrected chi connectivity index (χ0v) is 69.0. The zero-order valence-electron chi connectivity index (χ0n) is 67.2. The second kappa shape index (κ2) is 79.5. The van der Waals surface area contributed by atoms with E-state index in [1.807, 2.05) is 36.5 Å². The van der Waals surface area contributed by atoms with Crippen LogP contribution in [0.2, 0.25) is 0 Å². The van der Waals surface area contributed by atoms with Crippen LogP contribution in [0.25, 0.3) is 0 Å². The Bertz CT molecular complexity index is 2710. The van der Waals surface area contributed by atoms with E-state index in [1.165, 1.54) is 51.4 Å². The van der Waals surface area contributed by atoms with Crippen LogP contribution in [0.15, 0.2) is 170 Å². The van der Waals surface area contributed by atoms with Gasteiger partial charge >= 0.3 is 39.5 Å². The monoisotopic (exact) mass is 1550 g/mol. The number of aliphatic hydroxyl groups excluding tert-OH is 1. The molecular weight excluding hydrogens is 1400 g/mol. The molecule has 0 radical (unpaired) electrons. The topological polar surface area (TPSA) is 237 Å². The Labute approximate surface area is 654 Å². The molecule has 614 valence electrons. The summed E-state index contributed by atoms with van der Waals surface area (Å²) < 4.78 is 68.5. The molecule has 0 fully saturated rings. The lowest BCUT2D eigenvalue weighted by Crippen LogP contribution is -2.30. The van der Waals surface area contributed by atoms with Gasteiger partial charge < -0.3 is 33.8 Å². The van der Waals surface area contributed by atoms with E-state index < -0.39 is 97.5 Å². The summed E-state index contributed by atoms with van der Waals surface area (Å²) in [6, 6.07) is 0. The average Bonchev–Trinajstić information content (AvgIpc) is 0.914. The molecule has 19 heteroatoms. The molecule has 17 nitrogen and oxygen atoms in total. The van der Waals surface area contributed by atoms with Gasteiger partial charge in [0.1, 0.15) is 19.3 Å². The molecule has 0 saturated heterocycles. The molecule has 0 aliphatic rings.